The van der Waals surface area contributed by atoms with Crippen molar-refractivity contribution in [1.82, 2.24) is 14.9 Å². The van der Waals surface area contributed by atoms with E-state index in [0.29, 0.717) is 37.5 Å². The Kier molecular flexibility index (Phi) is 9.33. The summed E-state index contributed by atoms with van der Waals surface area (Å²) < 4.78 is 0. The number of nitrogens with one attached hydrogen (secondary N) is 2. The van der Waals surface area contributed by atoms with E-state index in [1.807, 2.05) is 97.2 Å². The lowest BCUT2D eigenvalue weighted by Crippen LogP contribution is -2.42. The molecular weight excluding hydrogens is 530 g/mol. The number of amides is 3. The van der Waals surface area contributed by atoms with Crippen LogP contribution in [0.2, 0.25) is 0 Å². The van der Waals surface area contributed by atoms with Gasteiger partial charge in [0, 0.05) is 43.8 Å². The van der Waals surface area contributed by atoms with Crippen LogP contribution in [0.5, 0.6) is 0 Å². The first-order chi connectivity index (χ1) is 20.5. The Bertz CT molecular complexity index is 1480. The summed E-state index contributed by atoms with van der Waals surface area (Å²) >= 11 is 0. The van der Waals surface area contributed by atoms with Gasteiger partial charge in [-0.2, -0.15) is 5.06 Å². The minimum atomic E-state index is -0.584. The Morgan fingerprint density at radius 3 is 2.05 bits per heavy atom. The van der Waals surface area contributed by atoms with Gasteiger partial charge in [-0.05, 0) is 53.4 Å². The van der Waals surface area contributed by atoms with Gasteiger partial charge in [-0.1, -0.05) is 66.8 Å². The van der Waals surface area contributed by atoms with Gasteiger partial charge in [0.15, 0.2) is 0 Å². The molecule has 0 fully saturated rings. The fourth-order valence-corrected chi connectivity index (χ4v) is 4.74. The lowest BCUT2D eigenvalue weighted by Gasteiger charge is -2.23. The number of hydrogen-bond acceptors (Lipinski definition) is 6. The van der Waals surface area contributed by atoms with E-state index < -0.39 is 12.1 Å². The number of anilines is 2. The van der Waals surface area contributed by atoms with Crippen molar-refractivity contribution < 1.29 is 19.2 Å². The van der Waals surface area contributed by atoms with Crippen LogP contribution < -0.4 is 10.6 Å². The molecule has 2 atom stereocenters. The van der Waals surface area contributed by atoms with Crippen LogP contribution in [0.3, 0.4) is 0 Å². The van der Waals surface area contributed by atoms with E-state index in [0.717, 1.165) is 16.7 Å². The molecule has 2 aliphatic rings. The lowest BCUT2D eigenvalue weighted by molar-refractivity contribution is -0.169. The maximum Gasteiger partial charge on any atom is 0.251 e. The van der Waals surface area contributed by atoms with E-state index in [1.54, 1.807) is 17.3 Å². The van der Waals surface area contributed by atoms with Crippen molar-refractivity contribution in [2.24, 2.45) is 0 Å². The Morgan fingerprint density at radius 1 is 0.857 bits per heavy atom. The second kappa shape index (κ2) is 13.7. The zero-order valence-corrected chi connectivity index (χ0v) is 23.4. The third-order valence-electron chi connectivity index (χ3n) is 7.01. The van der Waals surface area contributed by atoms with Crippen molar-refractivity contribution in [1.29, 1.82) is 0 Å². The molecular formula is C33H33N5O4. The predicted molar refractivity (Wildman–Crippen MR) is 163 cm³/mol. The van der Waals surface area contributed by atoms with Gasteiger partial charge in [-0.3, -0.25) is 24.2 Å². The topological polar surface area (TPSA) is 104 Å². The van der Waals surface area contributed by atoms with Gasteiger partial charge >= 0.3 is 0 Å². The van der Waals surface area contributed by atoms with Gasteiger partial charge in [0.25, 0.3) is 5.91 Å². The number of carbonyl (C=O) groups is 3. The molecule has 0 saturated carbocycles. The molecule has 0 unspecified atom stereocenters. The molecule has 0 bridgehead atoms. The van der Waals surface area contributed by atoms with Crippen LogP contribution in [0.4, 0.5) is 11.4 Å². The third-order valence-corrected chi connectivity index (χ3v) is 7.01. The smallest absolute Gasteiger partial charge is 0.251 e. The summed E-state index contributed by atoms with van der Waals surface area (Å²) in [5.41, 5.74) is 4.39. The van der Waals surface area contributed by atoms with Gasteiger partial charge in [0.2, 0.25) is 11.8 Å². The highest BCUT2D eigenvalue weighted by Crippen LogP contribution is 2.18. The summed E-state index contributed by atoms with van der Waals surface area (Å²) in [6, 6.07) is 17.9. The number of aromatic nitrogens is 1. The van der Waals surface area contributed by atoms with Crippen LogP contribution in [-0.2, 0) is 25.6 Å². The Morgan fingerprint density at radius 2 is 1.45 bits per heavy atom. The molecule has 2 N–H and O–H groups in total. The lowest BCUT2D eigenvalue weighted by atomic mass is 10.1. The van der Waals surface area contributed by atoms with Crippen molar-refractivity contribution in [3.05, 3.63) is 114 Å². The first kappa shape index (κ1) is 28.7. The van der Waals surface area contributed by atoms with E-state index in [2.05, 4.69) is 15.6 Å². The summed E-state index contributed by atoms with van der Waals surface area (Å²) in [5, 5.41) is 7.53. The molecule has 0 saturated heterocycles. The quantitative estimate of drug-likeness (QED) is 0.281. The molecule has 214 valence electrons. The maximum atomic E-state index is 12.9. The monoisotopic (exact) mass is 563 g/mol. The summed E-state index contributed by atoms with van der Waals surface area (Å²) in [6.07, 6.45) is 15.6. The van der Waals surface area contributed by atoms with Crippen molar-refractivity contribution >= 4 is 41.2 Å². The summed E-state index contributed by atoms with van der Waals surface area (Å²) in [6.45, 7) is 2.93. The molecule has 3 amide bonds. The molecule has 0 radical (unpaired) electrons. The predicted octanol–water partition coefficient (Wildman–Crippen LogP) is 4.33. The van der Waals surface area contributed by atoms with Crippen LogP contribution in [0.25, 0.3) is 12.2 Å². The molecule has 42 heavy (non-hydrogen) atoms. The first-order valence-corrected chi connectivity index (χ1v) is 13.9. The third kappa shape index (κ3) is 7.45. The SMILES string of the molecule is CC(=O)N1CC=C[C@H]1C(=O)Nc1ccc(/C=C/c2ccc(NC(=O)[C@@H]3C=CCN3OCCc3cccnc3)cc2)cc1. The van der Waals surface area contributed by atoms with Crippen LogP contribution >= 0.6 is 0 Å². The summed E-state index contributed by atoms with van der Waals surface area (Å²) in [5.74, 6) is -0.523. The average Bonchev–Trinajstić information content (AvgIpc) is 3.69. The van der Waals surface area contributed by atoms with Crippen molar-refractivity contribution in [3.63, 3.8) is 0 Å². The first-order valence-electron chi connectivity index (χ1n) is 13.9. The van der Waals surface area contributed by atoms with Gasteiger partial charge in [0.1, 0.15) is 12.1 Å². The van der Waals surface area contributed by atoms with Gasteiger partial charge in [0.05, 0.1) is 6.61 Å². The maximum absolute atomic E-state index is 12.9. The van der Waals surface area contributed by atoms with Crippen molar-refractivity contribution in [3.8, 4) is 0 Å². The van der Waals surface area contributed by atoms with Crippen molar-refractivity contribution in [2.45, 2.75) is 25.4 Å². The van der Waals surface area contributed by atoms with E-state index in [4.69, 9.17) is 4.84 Å². The summed E-state index contributed by atoms with van der Waals surface area (Å²) in [4.78, 5) is 48.7. The average molecular weight is 564 g/mol. The molecule has 9 heteroatoms. The largest absolute Gasteiger partial charge is 0.324 e. The highest BCUT2D eigenvalue weighted by molar-refractivity contribution is 5.99. The van der Waals surface area contributed by atoms with Crippen LogP contribution in [0.1, 0.15) is 23.6 Å². The second-order valence-corrected chi connectivity index (χ2v) is 10.0. The molecule has 2 aliphatic heterocycles. The number of nitrogens with zero attached hydrogens (tertiary/aromatic N) is 3. The molecule has 1 aromatic heterocycles. The zero-order chi connectivity index (χ0) is 29.3. The standard InChI is InChI=1S/C33H33N5O4/c1-24(39)37-20-3-6-30(37)32(40)35-28-14-10-25(11-15-28)8-9-26-12-16-29(17-13-26)36-33(41)31-7-4-21-38(31)42-22-18-27-5-2-19-34-23-27/h2-17,19,23,30-31H,18,20-22H2,1H3,(H,35,40)(H,36,41)/b9-8+/t30-,31-/m0/s1. The number of hydrogen-bond donors (Lipinski definition) is 2. The number of pyridine rings is 1. The van der Waals surface area contributed by atoms with Crippen LogP contribution in [0.15, 0.2) is 97.4 Å². The van der Waals surface area contributed by atoms with Gasteiger partial charge in [-0.15, -0.1) is 0 Å². The second-order valence-electron chi connectivity index (χ2n) is 10.0. The van der Waals surface area contributed by atoms with Crippen LogP contribution in [-0.4, -0.2) is 64.4 Å². The highest BCUT2D eigenvalue weighted by atomic mass is 16.7. The molecule has 9 nitrogen and oxygen atoms in total. The molecule has 3 aromatic rings. The van der Waals surface area contributed by atoms with E-state index in [9.17, 15) is 14.4 Å². The Labute approximate surface area is 245 Å². The normalized spacial score (nSPS) is 18.1. The highest BCUT2D eigenvalue weighted by Gasteiger charge is 2.29. The van der Waals surface area contributed by atoms with E-state index in [-0.39, 0.29) is 17.7 Å². The molecule has 5 rings (SSSR count). The Balaban J connectivity index is 1.09. The minimum Gasteiger partial charge on any atom is -0.324 e. The van der Waals surface area contributed by atoms with Crippen LogP contribution in [0, 0.1) is 0 Å². The number of rotatable bonds is 10. The van der Waals surface area contributed by atoms with Crippen molar-refractivity contribution in [2.75, 3.05) is 30.3 Å². The molecule has 0 spiro atoms. The molecule has 0 aliphatic carbocycles. The molecule has 2 aromatic carbocycles. The zero-order valence-electron chi connectivity index (χ0n) is 23.4. The van der Waals surface area contributed by atoms with Gasteiger partial charge < -0.3 is 15.5 Å². The van der Waals surface area contributed by atoms with E-state index >= 15 is 0 Å². The fraction of sp³-hybridized carbons (Fsp3) is 0.212. The molecule has 3 heterocycles. The summed E-state index contributed by atoms with van der Waals surface area (Å²) in [7, 11) is 0. The van der Waals surface area contributed by atoms with E-state index in [1.165, 1.54) is 11.8 Å². The Hall–Kier alpha value is -4.86. The number of hydroxylamine groups is 2. The number of carbonyl (C=O) groups excluding carboxylic acids is 3. The fourth-order valence-electron chi connectivity index (χ4n) is 4.74. The minimum absolute atomic E-state index is 0.133. The number of benzene rings is 2. The van der Waals surface area contributed by atoms with Gasteiger partial charge in [-0.25, -0.2) is 0 Å².